The number of esters is 1. The number of Topliss-reactive ketones (excluding diaryl/α,β-unsaturated/α-hetero) is 1. The highest BCUT2D eigenvalue weighted by Gasteiger charge is 2.19. The average molecular weight is 402 g/mol. The van der Waals surface area contributed by atoms with Crippen LogP contribution in [0.4, 0.5) is 5.69 Å². The number of benzene rings is 2. The lowest BCUT2D eigenvalue weighted by Crippen LogP contribution is -2.21. The maximum Gasteiger partial charge on any atom is 0.338 e. The number of thioether (sulfide) groups is 2. The Morgan fingerprint density at radius 1 is 0.963 bits per heavy atom. The summed E-state index contributed by atoms with van der Waals surface area (Å²) in [4.78, 5) is 35.3. The van der Waals surface area contributed by atoms with E-state index in [2.05, 4.69) is 5.32 Å². The molecule has 2 aromatic carbocycles. The highest BCUT2D eigenvalue weighted by molar-refractivity contribution is 8.19. The van der Waals surface area contributed by atoms with Crippen molar-refractivity contribution in [3.05, 3.63) is 65.2 Å². The molecule has 7 heteroatoms. The molecule has 1 saturated heterocycles. The normalized spacial score (nSPS) is 14.0. The zero-order valence-corrected chi connectivity index (χ0v) is 16.4. The van der Waals surface area contributed by atoms with Crippen LogP contribution in [0.3, 0.4) is 0 Å². The average Bonchev–Trinajstić information content (AvgIpc) is 3.21. The fourth-order valence-corrected chi connectivity index (χ4v) is 5.39. The number of carbonyl (C=O) groups excluding carboxylic acids is 3. The van der Waals surface area contributed by atoms with E-state index in [1.54, 1.807) is 36.4 Å². The van der Waals surface area contributed by atoms with E-state index in [0.717, 1.165) is 11.5 Å². The van der Waals surface area contributed by atoms with Crippen LogP contribution in [0.15, 0.2) is 48.5 Å². The van der Waals surface area contributed by atoms with Gasteiger partial charge in [0.1, 0.15) is 0 Å². The lowest BCUT2D eigenvalue weighted by molar-refractivity contribution is -0.119. The largest absolute Gasteiger partial charge is 0.452 e. The smallest absolute Gasteiger partial charge is 0.338 e. The van der Waals surface area contributed by atoms with Crippen LogP contribution in [0.5, 0.6) is 0 Å². The Kier molecular flexibility index (Phi) is 6.58. The minimum absolute atomic E-state index is 0.0436. The third-order valence-electron chi connectivity index (χ3n) is 3.95. The summed E-state index contributed by atoms with van der Waals surface area (Å²) in [7, 11) is 0. The number of nitrogens with one attached hydrogen (secondary N) is 1. The van der Waals surface area contributed by atoms with Gasteiger partial charge in [0.2, 0.25) is 0 Å². The molecule has 1 fully saturated rings. The quantitative estimate of drug-likeness (QED) is 0.579. The second-order valence-corrected chi connectivity index (χ2v) is 8.68. The Labute approximate surface area is 166 Å². The summed E-state index contributed by atoms with van der Waals surface area (Å²) in [5, 5.41) is 2.63. The van der Waals surface area contributed by atoms with Gasteiger partial charge in [-0.2, -0.15) is 0 Å². The van der Waals surface area contributed by atoms with Gasteiger partial charge in [-0.3, -0.25) is 9.59 Å². The molecule has 1 amide bonds. The Balaban J connectivity index is 1.49. The molecule has 0 saturated carbocycles. The van der Waals surface area contributed by atoms with E-state index in [-0.39, 0.29) is 12.4 Å². The Morgan fingerprint density at radius 2 is 1.56 bits per heavy atom. The van der Waals surface area contributed by atoms with Gasteiger partial charge in [0, 0.05) is 22.8 Å². The maximum absolute atomic E-state index is 12.1. The molecule has 0 aromatic heterocycles. The number of rotatable bonds is 6. The molecule has 140 valence electrons. The molecule has 1 heterocycles. The first-order valence-electron chi connectivity index (χ1n) is 8.44. The molecule has 27 heavy (non-hydrogen) atoms. The van der Waals surface area contributed by atoms with Crippen molar-refractivity contribution >= 4 is 46.9 Å². The van der Waals surface area contributed by atoms with Crippen LogP contribution in [0.1, 0.15) is 37.8 Å². The summed E-state index contributed by atoms with van der Waals surface area (Å²) in [6, 6.07) is 13.9. The molecule has 0 bridgehead atoms. The highest BCUT2D eigenvalue weighted by atomic mass is 32.2. The van der Waals surface area contributed by atoms with Crippen LogP contribution < -0.4 is 5.32 Å². The fraction of sp³-hybridized carbons (Fsp3) is 0.250. The SMILES string of the molecule is CC(=O)c1ccc(NC(=O)COC(=O)c2ccc(C3SCCS3)cc2)cc1. The first-order chi connectivity index (χ1) is 13.0. The maximum atomic E-state index is 12.1. The molecular formula is C20H19NO4S2. The van der Waals surface area contributed by atoms with Gasteiger partial charge in [0.05, 0.1) is 10.1 Å². The van der Waals surface area contributed by atoms with Crippen molar-refractivity contribution in [3.63, 3.8) is 0 Å². The van der Waals surface area contributed by atoms with Gasteiger partial charge >= 0.3 is 5.97 Å². The van der Waals surface area contributed by atoms with E-state index in [1.165, 1.54) is 12.5 Å². The van der Waals surface area contributed by atoms with Gasteiger partial charge in [-0.1, -0.05) is 12.1 Å². The zero-order chi connectivity index (χ0) is 19.2. The monoisotopic (exact) mass is 401 g/mol. The Morgan fingerprint density at radius 3 is 2.15 bits per heavy atom. The van der Waals surface area contributed by atoms with E-state index in [9.17, 15) is 14.4 Å². The van der Waals surface area contributed by atoms with Crippen LogP contribution >= 0.6 is 23.5 Å². The summed E-state index contributed by atoms with van der Waals surface area (Å²) < 4.78 is 5.50. The molecule has 0 radical (unpaired) electrons. The van der Waals surface area contributed by atoms with E-state index < -0.39 is 11.9 Å². The molecular weight excluding hydrogens is 382 g/mol. The van der Waals surface area contributed by atoms with Gasteiger partial charge < -0.3 is 10.1 Å². The summed E-state index contributed by atoms with van der Waals surface area (Å²) in [5.74, 6) is 1.28. The molecule has 0 aliphatic carbocycles. The number of hydrogen-bond acceptors (Lipinski definition) is 6. The van der Waals surface area contributed by atoms with Crippen LogP contribution in [-0.4, -0.2) is 35.8 Å². The number of ether oxygens (including phenoxy) is 1. The van der Waals surface area contributed by atoms with Gasteiger partial charge in [-0.15, -0.1) is 23.5 Å². The van der Waals surface area contributed by atoms with Crippen molar-refractivity contribution in [2.24, 2.45) is 0 Å². The molecule has 2 aromatic rings. The number of amides is 1. The first-order valence-corrected chi connectivity index (χ1v) is 10.5. The van der Waals surface area contributed by atoms with Crippen molar-refractivity contribution in [2.45, 2.75) is 11.5 Å². The van der Waals surface area contributed by atoms with Crippen LogP contribution in [0.25, 0.3) is 0 Å². The molecule has 0 spiro atoms. The molecule has 1 aliphatic rings. The topological polar surface area (TPSA) is 72.5 Å². The van der Waals surface area contributed by atoms with Gasteiger partial charge in [0.25, 0.3) is 5.91 Å². The number of carbonyl (C=O) groups is 3. The number of ketones is 1. The second kappa shape index (κ2) is 9.10. The summed E-state index contributed by atoms with van der Waals surface area (Å²) in [5.41, 5.74) is 2.71. The van der Waals surface area contributed by atoms with Crippen LogP contribution in [0, 0.1) is 0 Å². The lowest BCUT2D eigenvalue weighted by Gasteiger charge is -2.09. The Hall–Kier alpha value is -2.25. The zero-order valence-electron chi connectivity index (χ0n) is 14.8. The van der Waals surface area contributed by atoms with Crippen molar-refractivity contribution < 1.29 is 19.1 Å². The fourth-order valence-electron chi connectivity index (χ4n) is 2.53. The summed E-state index contributed by atoms with van der Waals surface area (Å²) >= 11 is 3.80. The lowest BCUT2D eigenvalue weighted by atomic mass is 10.1. The minimum Gasteiger partial charge on any atom is -0.452 e. The predicted octanol–water partition coefficient (Wildman–Crippen LogP) is 4.16. The molecule has 0 unspecified atom stereocenters. The summed E-state index contributed by atoms with van der Waals surface area (Å²) in [6.07, 6.45) is 0. The number of anilines is 1. The molecule has 1 aliphatic heterocycles. The third kappa shape index (κ3) is 5.37. The minimum atomic E-state index is -0.532. The molecule has 3 rings (SSSR count). The van der Waals surface area contributed by atoms with Crippen molar-refractivity contribution in [3.8, 4) is 0 Å². The molecule has 1 N–H and O–H groups in total. The van der Waals surface area contributed by atoms with E-state index in [0.29, 0.717) is 21.4 Å². The highest BCUT2D eigenvalue weighted by Crippen LogP contribution is 2.45. The van der Waals surface area contributed by atoms with E-state index in [1.807, 2.05) is 35.7 Å². The van der Waals surface area contributed by atoms with Crippen LogP contribution in [0.2, 0.25) is 0 Å². The standard InChI is InChI=1S/C20H19NO4S2/c1-13(22)14-6-8-17(9-7-14)21-18(23)12-25-19(24)15-2-4-16(5-3-15)20-26-10-11-27-20/h2-9,20H,10-12H2,1H3,(H,21,23). The van der Waals surface area contributed by atoms with Gasteiger partial charge in [-0.25, -0.2) is 4.79 Å². The third-order valence-corrected chi connectivity index (χ3v) is 7.05. The van der Waals surface area contributed by atoms with E-state index in [4.69, 9.17) is 4.74 Å². The second-order valence-electron chi connectivity index (χ2n) is 5.95. The molecule has 5 nitrogen and oxygen atoms in total. The Bertz CT molecular complexity index is 828. The van der Waals surface area contributed by atoms with E-state index >= 15 is 0 Å². The first kappa shape index (κ1) is 19.5. The predicted molar refractivity (Wildman–Crippen MR) is 109 cm³/mol. The summed E-state index contributed by atoms with van der Waals surface area (Å²) in [6.45, 7) is 1.11. The van der Waals surface area contributed by atoms with Crippen molar-refractivity contribution in [1.29, 1.82) is 0 Å². The van der Waals surface area contributed by atoms with Crippen molar-refractivity contribution in [1.82, 2.24) is 0 Å². The van der Waals surface area contributed by atoms with Crippen LogP contribution in [-0.2, 0) is 9.53 Å². The van der Waals surface area contributed by atoms with Crippen molar-refractivity contribution in [2.75, 3.05) is 23.4 Å². The van der Waals surface area contributed by atoms with Gasteiger partial charge in [0.15, 0.2) is 12.4 Å². The number of hydrogen-bond donors (Lipinski definition) is 1. The van der Waals surface area contributed by atoms with Gasteiger partial charge in [-0.05, 0) is 48.9 Å². The molecule has 0 atom stereocenters.